The number of carbonyl (C=O) groups is 1. The highest BCUT2D eigenvalue weighted by atomic mass is 32.2. The summed E-state index contributed by atoms with van der Waals surface area (Å²) in [6, 6.07) is 17.5. The maximum atomic E-state index is 11.9. The van der Waals surface area contributed by atoms with E-state index in [1.165, 1.54) is 17.1 Å². The second kappa shape index (κ2) is 7.05. The molecule has 1 aliphatic heterocycles. The maximum Gasteiger partial charge on any atom is 0.315 e. The molecule has 108 valence electrons. The van der Waals surface area contributed by atoms with E-state index in [1.807, 2.05) is 66.0 Å². The predicted molar refractivity (Wildman–Crippen MR) is 89.9 cm³/mol. The topological polar surface area (TPSA) is 26.3 Å². The zero-order chi connectivity index (χ0) is 14.5. The summed E-state index contributed by atoms with van der Waals surface area (Å²) in [5.41, 5.74) is 2.27. The van der Waals surface area contributed by atoms with Crippen molar-refractivity contribution < 1.29 is 9.53 Å². The molecule has 0 saturated carbocycles. The van der Waals surface area contributed by atoms with Gasteiger partial charge < -0.3 is 4.74 Å². The van der Waals surface area contributed by atoms with Crippen molar-refractivity contribution >= 4 is 29.5 Å². The van der Waals surface area contributed by atoms with E-state index in [4.69, 9.17) is 4.74 Å². The van der Waals surface area contributed by atoms with Crippen molar-refractivity contribution in [3.05, 3.63) is 65.7 Å². The van der Waals surface area contributed by atoms with Gasteiger partial charge in [0.25, 0.3) is 0 Å². The second-order valence-corrected chi connectivity index (χ2v) is 7.50. The molecule has 2 aromatic carbocycles. The van der Waals surface area contributed by atoms with Crippen LogP contribution in [0.5, 0.6) is 5.75 Å². The standard InChI is InChI=1S/C17H16O2S2/c18-16(12-13-4-2-1-3-5-13)19-15-8-6-14(7-9-15)17-20-10-11-21-17/h1-9,17H,10-12H2. The number of hydrogen-bond acceptors (Lipinski definition) is 4. The molecule has 1 saturated heterocycles. The van der Waals surface area contributed by atoms with E-state index in [9.17, 15) is 4.79 Å². The van der Waals surface area contributed by atoms with Gasteiger partial charge in [-0.3, -0.25) is 4.79 Å². The molecule has 2 aromatic rings. The molecule has 0 atom stereocenters. The van der Waals surface area contributed by atoms with Crippen LogP contribution in [0.25, 0.3) is 0 Å². The van der Waals surface area contributed by atoms with Crippen LogP contribution in [0.4, 0.5) is 0 Å². The Kier molecular flexibility index (Phi) is 4.88. The Hall–Kier alpha value is -1.39. The fraction of sp³-hybridized carbons (Fsp3) is 0.235. The lowest BCUT2D eigenvalue weighted by Gasteiger charge is -2.09. The molecule has 0 aromatic heterocycles. The van der Waals surface area contributed by atoms with Gasteiger partial charge in [-0.15, -0.1) is 23.5 Å². The zero-order valence-electron chi connectivity index (χ0n) is 11.5. The van der Waals surface area contributed by atoms with Crippen LogP contribution in [-0.2, 0) is 11.2 Å². The van der Waals surface area contributed by atoms with Crippen LogP contribution in [-0.4, -0.2) is 17.5 Å². The molecule has 3 rings (SSSR count). The van der Waals surface area contributed by atoms with Crippen LogP contribution < -0.4 is 4.74 Å². The molecule has 0 radical (unpaired) electrons. The smallest absolute Gasteiger partial charge is 0.315 e. The highest BCUT2D eigenvalue weighted by Gasteiger charge is 2.18. The number of hydrogen-bond donors (Lipinski definition) is 0. The lowest BCUT2D eigenvalue weighted by molar-refractivity contribution is -0.133. The SMILES string of the molecule is O=C(Cc1ccccc1)Oc1ccc(C2SCCS2)cc1. The summed E-state index contributed by atoms with van der Waals surface area (Å²) in [5.74, 6) is 2.82. The molecule has 4 heteroatoms. The molecular weight excluding hydrogens is 300 g/mol. The number of thioether (sulfide) groups is 2. The molecular formula is C17H16O2S2. The van der Waals surface area contributed by atoms with Gasteiger partial charge in [0.05, 0.1) is 11.0 Å². The molecule has 0 N–H and O–H groups in total. The zero-order valence-corrected chi connectivity index (χ0v) is 13.2. The van der Waals surface area contributed by atoms with Gasteiger partial charge in [-0.2, -0.15) is 0 Å². The second-order valence-electron chi connectivity index (χ2n) is 4.78. The summed E-state index contributed by atoms with van der Waals surface area (Å²) < 4.78 is 5.91. The van der Waals surface area contributed by atoms with Crippen molar-refractivity contribution in [3.8, 4) is 5.75 Å². The molecule has 1 fully saturated rings. The van der Waals surface area contributed by atoms with Crippen LogP contribution >= 0.6 is 23.5 Å². The lowest BCUT2D eigenvalue weighted by atomic mass is 10.1. The van der Waals surface area contributed by atoms with Crippen molar-refractivity contribution in [1.82, 2.24) is 0 Å². The first-order valence-corrected chi connectivity index (χ1v) is 8.99. The van der Waals surface area contributed by atoms with Gasteiger partial charge in [0.1, 0.15) is 5.75 Å². The van der Waals surface area contributed by atoms with Crippen molar-refractivity contribution in [1.29, 1.82) is 0 Å². The first-order chi connectivity index (χ1) is 10.3. The van der Waals surface area contributed by atoms with Gasteiger partial charge in [-0.25, -0.2) is 0 Å². The Morgan fingerprint density at radius 3 is 2.33 bits per heavy atom. The minimum Gasteiger partial charge on any atom is -0.426 e. The fourth-order valence-electron chi connectivity index (χ4n) is 2.17. The number of benzene rings is 2. The maximum absolute atomic E-state index is 11.9. The lowest BCUT2D eigenvalue weighted by Crippen LogP contribution is -2.11. The minimum absolute atomic E-state index is 0.224. The third-order valence-corrected chi connectivity index (χ3v) is 6.30. The number of esters is 1. The fourth-order valence-corrected chi connectivity index (χ4v) is 5.03. The minimum atomic E-state index is -0.224. The van der Waals surface area contributed by atoms with E-state index in [0.29, 0.717) is 16.8 Å². The van der Waals surface area contributed by atoms with E-state index in [1.54, 1.807) is 0 Å². The molecule has 0 spiro atoms. The van der Waals surface area contributed by atoms with Crippen molar-refractivity contribution in [2.24, 2.45) is 0 Å². The van der Waals surface area contributed by atoms with Crippen LogP contribution in [0.2, 0.25) is 0 Å². The third-order valence-electron chi connectivity index (χ3n) is 3.20. The summed E-state index contributed by atoms with van der Waals surface area (Å²) in [7, 11) is 0. The molecule has 0 unspecified atom stereocenters. The van der Waals surface area contributed by atoms with Gasteiger partial charge in [0.15, 0.2) is 0 Å². The summed E-state index contributed by atoms with van der Waals surface area (Å²) in [5, 5.41) is 0. The monoisotopic (exact) mass is 316 g/mol. The average Bonchev–Trinajstić information content (AvgIpc) is 3.03. The largest absolute Gasteiger partial charge is 0.426 e. The van der Waals surface area contributed by atoms with Crippen LogP contribution in [0.15, 0.2) is 54.6 Å². The third kappa shape index (κ3) is 4.05. The Morgan fingerprint density at radius 1 is 1.00 bits per heavy atom. The summed E-state index contributed by atoms with van der Waals surface area (Å²) in [6.07, 6.45) is 0.303. The molecule has 0 aliphatic carbocycles. The van der Waals surface area contributed by atoms with E-state index in [2.05, 4.69) is 12.1 Å². The predicted octanol–water partition coefficient (Wildman–Crippen LogP) is 4.31. The number of carbonyl (C=O) groups excluding carboxylic acids is 1. The van der Waals surface area contributed by atoms with Crippen molar-refractivity contribution in [2.75, 3.05) is 11.5 Å². The summed E-state index contributed by atoms with van der Waals surface area (Å²) in [4.78, 5) is 11.9. The van der Waals surface area contributed by atoms with Gasteiger partial charge in [-0.05, 0) is 23.3 Å². The molecule has 21 heavy (non-hydrogen) atoms. The first kappa shape index (κ1) is 14.5. The van der Waals surface area contributed by atoms with Crippen molar-refractivity contribution in [3.63, 3.8) is 0 Å². The quantitative estimate of drug-likeness (QED) is 0.620. The molecule has 1 heterocycles. The molecule has 2 nitrogen and oxygen atoms in total. The Labute approximate surface area is 133 Å². The Morgan fingerprint density at radius 2 is 1.67 bits per heavy atom. The van der Waals surface area contributed by atoms with E-state index in [-0.39, 0.29) is 5.97 Å². The van der Waals surface area contributed by atoms with Crippen LogP contribution in [0, 0.1) is 0 Å². The number of ether oxygens (including phenoxy) is 1. The summed E-state index contributed by atoms with van der Waals surface area (Å²) >= 11 is 3.94. The van der Waals surface area contributed by atoms with Crippen molar-refractivity contribution in [2.45, 2.75) is 11.0 Å². The Balaban J connectivity index is 1.58. The molecule has 1 aliphatic rings. The highest BCUT2D eigenvalue weighted by Crippen LogP contribution is 2.45. The first-order valence-electron chi connectivity index (χ1n) is 6.89. The average molecular weight is 316 g/mol. The molecule has 0 bridgehead atoms. The molecule has 0 amide bonds. The van der Waals surface area contributed by atoms with Gasteiger partial charge >= 0.3 is 5.97 Å². The number of rotatable bonds is 4. The Bertz CT molecular complexity index is 590. The van der Waals surface area contributed by atoms with E-state index in [0.717, 1.165) is 5.56 Å². The highest BCUT2D eigenvalue weighted by molar-refractivity contribution is 8.19. The normalized spacial score (nSPS) is 15.0. The van der Waals surface area contributed by atoms with Crippen LogP contribution in [0.3, 0.4) is 0 Å². The van der Waals surface area contributed by atoms with Crippen LogP contribution in [0.1, 0.15) is 15.7 Å². The van der Waals surface area contributed by atoms with Gasteiger partial charge in [-0.1, -0.05) is 42.5 Å². The van der Waals surface area contributed by atoms with E-state index >= 15 is 0 Å². The van der Waals surface area contributed by atoms with E-state index < -0.39 is 0 Å². The summed E-state index contributed by atoms with van der Waals surface area (Å²) in [6.45, 7) is 0. The van der Waals surface area contributed by atoms with Gasteiger partial charge in [0, 0.05) is 11.5 Å². The van der Waals surface area contributed by atoms with Gasteiger partial charge in [0.2, 0.25) is 0 Å².